The summed E-state index contributed by atoms with van der Waals surface area (Å²) in [6.45, 7) is 2.17. The molecular formula is C12H18N2O. The number of nitrogen functional groups attached to an aromatic ring is 1. The summed E-state index contributed by atoms with van der Waals surface area (Å²) >= 11 is 0. The normalized spacial score (nSPS) is 33.0. The highest BCUT2D eigenvalue weighted by atomic mass is 16.5. The van der Waals surface area contributed by atoms with Crippen molar-refractivity contribution < 1.29 is 4.52 Å². The molecule has 3 nitrogen and oxygen atoms in total. The lowest BCUT2D eigenvalue weighted by Gasteiger charge is -2.09. The molecule has 3 heteroatoms. The fourth-order valence-corrected chi connectivity index (χ4v) is 3.09. The van der Waals surface area contributed by atoms with E-state index in [1.54, 1.807) is 0 Å². The van der Waals surface area contributed by atoms with E-state index < -0.39 is 0 Å². The van der Waals surface area contributed by atoms with E-state index in [0.29, 0.717) is 11.7 Å². The molecule has 2 unspecified atom stereocenters. The van der Waals surface area contributed by atoms with E-state index in [4.69, 9.17) is 10.3 Å². The van der Waals surface area contributed by atoms with E-state index in [1.807, 2.05) is 0 Å². The monoisotopic (exact) mass is 206 g/mol. The first-order valence-electron chi connectivity index (χ1n) is 6.03. The van der Waals surface area contributed by atoms with Gasteiger partial charge in [0, 0.05) is 11.5 Å². The standard InChI is InChI=1S/C12H18N2O/c1-2-3-10-11(15-14-12(10)13)9-5-7-4-8(7)6-9/h7-9H,2-6H2,1H3,(H2,13,14). The minimum Gasteiger partial charge on any atom is -0.381 e. The average molecular weight is 206 g/mol. The molecule has 2 aliphatic rings. The fraction of sp³-hybridized carbons (Fsp3) is 0.750. The van der Waals surface area contributed by atoms with Gasteiger partial charge in [-0.15, -0.1) is 0 Å². The van der Waals surface area contributed by atoms with Crippen LogP contribution >= 0.6 is 0 Å². The second-order valence-corrected chi connectivity index (χ2v) is 5.08. The third-order valence-electron chi connectivity index (χ3n) is 3.96. The van der Waals surface area contributed by atoms with Crippen LogP contribution in [-0.4, -0.2) is 5.16 Å². The Balaban J connectivity index is 1.84. The molecule has 0 aromatic carbocycles. The van der Waals surface area contributed by atoms with E-state index >= 15 is 0 Å². The summed E-state index contributed by atoms with van der Waals surface area (Å²) in [4.78, 5) is 0. The average Bonchev–Trinajstić information content (AvgIpc) is 2.68. The zero-order valence-corrected chi connectivity index (χ0v) is 9.20. The van der Waals surface area contributed by atoms with E-state index in [9.17, 15) is 0 Å². The molecule has 2 saturated carbocycles. The smallest absolute Gasteiger partial charge is 0.170 e. The summed E-state index contributed by atoms with van der Waals surface area (Å²) in [5.74, 6) is 4.29. The van der Waals surface area contributed by atoms with Crippen molar-refractivity contribution in [3.8, 4) is 0 Å². The number of anilines is 1. The topological polar surface area (TPSA) is 52.0 Å². The van der Waals surface area contributed by atoms with Crippen LogP contribution in [0.15, 0.2) is 4.52 Å². The highest BCUT2D eigenvalue weighted by Crippen LogP contribution is 2.58. The Kier molecular flexibility index (Phi) is 2.01. The molecule has 0 saturated heterocycles. The number of rotatable bonds is 3. The Hall–Kier alpha value is -0.990. The van der Waals surface area contributed by atoms with Crippen LogP contribution in [0.1, 0.15) is 49.8 Å². The van der Waals surface area contributed by atoms with Gasteiger partial charge in [-0.1, -0.05) is 18.5 Å². The Morgan fingerprint density at radius 2 is 2.07 bits per heavy atom. The summed E-state index contributed by atoms with van der Waals surface area (Å²) < 4.78 is 5.43. The molecule has 2 atom stereocenters. The maximum atomic E-state index is 5.84. The maximum Gasteiger partial charge on any atom is 0.170 e. The summed E-state index contributed by atoms with van der Waals surface area (Å²) in [6.07, 6.45) is 6.17. The van der Waals surface area contributed by atoms with Crippen molar-refractivity contribution >= 4 is 5.82 Å². The second kappa shape index (κ2) is 3.26. The molecule has 0 spiro atoms. The quantitative estimate of drug-likeness (QED) is 0.827. The predicted molar refractivity (Wildman–Crippen MR) is 58.5 cm³/mol. The first-order chi connectivity index (χ1) is 7.29. The van der Waals surface area contributed by atoms with Gasteiger partial charge in [-0.3, -0.25) is 0 Å². The van der Waals surface area contributed by atoms with Gasteiger partial charge < -0.3 is 10.3 Å². The van der Waals surface area contributed by atoms with Gasteiger partial charge in [-0.05, 0) is 37.5 Å². The molecular weight excluding hydrogens is 188 g/mol. The maximum absolute atomic E-state index is 5.84. The third kappa shape index (κ3) is 1.45. The molecule has 2 N–H and O–H groups in total. The van der Waals surface area contributed by atoms with E-state index in [0.717, 1.165) is 30.4 Å². The van der Waals surface area contributed by atoms with Gasteiger partial charge in [-0.25, -0.2) is 0 Å². The van der Waals surface area contributed by atoms with Crippen LogP contribution < -0.4 is 5.73 Å². The lowest BCUT2D eigenvalue weighted by molar-refractivity contribution is 0.352. The summed E-state index contributed by atoms with van der Waals surface area (Å²) in [5, 5.41) is 3.92. The van der Waals surface area contributed by atoms with Gasteiger partial charge >= 0.3 is 0 Å². The molecule has 15 heavy (non-hydrogen) atoms. The van der Waals surface area contributed by atoms with E-state index in [-0.39, 0.29) is 0 Å². The molecule has 0 aliphatic heterocycles. The molecule has 3 rings (SSSR count). The van der Waals surface area contributed by atoms with Crippen molar-refractivity contribution in [1.29, 1.82) is 0 Å². The number of aromatic nitrogens is 1. The van der Waals surface area contributed by atoms with Crippen LogP contribution in [0, 0.1) is 11.8 Å². The van der Waals surface area contributed by atoms with Gasteiger partial charge in [0.25, 0.3) is 0 Å². The van der Waals surface area contributed by atoms with Crippen LogP contribution in [0.2, 0.25) is 0 Å². The van der Waals surface area contributed by atoms with E-state index in [1.165, 1.54) is 24.8 Å². The Morgan fingerprint density at radius 3 is 2.73 bits per heavy atom. The van der Waals surface area contributed by atoms with E-state index in [2.05, 4.69) is 12.1 Å². The number of hydrogen-bond donors (Lipinski definition) is 1. The summed E-state index contributed by atoms with van der Waals surface area (Å²) in [7, 11) is 0. The molecule has 82 valence electrons. The number of nitrogens with two attached hydrogens (primary N) is 1. The highest BCUT2D eigenvalue weighted by Gasteiger charge is 2.47. The highest BCUT2D eigenvalue weighted by molar-refractivity contribution is 5.42. The minimum absolute atomic E-state index is 0.611. The number of nitrogens with zero attached hydrogens (tertiary/aromatic N) is 1. The Labute approximate surface area is 90.0 Å². The molecule has 1 aromatic rings. The lowest BCUT2D eigenvalue weighted by Crippen LogP contribution is -2.00. The van der Waals surface area contributed by atoms with Crippen molar-refractivity contribution in [2.24, 2.45) is 11.8 Å². The molecule has 2 aliphatic carbocycles. The van der Waals surface area contributed by atoms with Gasteiger partial charge in [0.05, 0.1) is 0 Å². The molecule has 2 fully saturated rings. The van der Waals surface area contributed by atoms with Crippen LogP contribution in [0.4, 0.5) is 5.82 Å². The van der Waals surface area contributed by atoms with Gasteiger partial charge in [-0.2, -0.15) is 0 Å². The first-order valence-corrected chi connectivity index (χ1v) is 6.03. The zero-order chi connectivity index (χ0) is 10.4. The first kappa shape index (κ1) is 9.25. The predicted octanol–water partition coefficient (Wildman–Crippen LogP) is 2.72. The van der Waals surface area contributed by atoms with Crippen LogP contribution in [0.25, 0.3) is 0 Å². The van der Waals surface area contributed by atoms with Crippen LogP contribution in [-0.2, 0) is 6.42 Å². The summed E-state index contributed by atoms with van der Waals surface area (Å²) in [6, 6.07) is 0. The van der Waals surface area contributed by atoms with Crippen molar-refractivity contribution in [2.45, 2.75) is 44.9 Å². The number of fused-ring (bicyclic) bond motifs is 1. The molecule has 1 aromatic heterocycles. The van der Waals surface area contributed by atoms with Crippen molar-refractivity contribution in [3.63, 3.8) is 0 Å². The van der Waals surface area contributed by atoms with Crippen molar-refractivity contribution in [2.75, 3.05) is 5.73 Å². The van der Waals surface area contributed by atoms with Gasteiger partial charge in [0.1, 0.15) is 5.76 Å². The van der Waals surface area contributed by atoms with Crippen molar-refractivity contribution in [3.05, 3.63) is 11.3 Å². The zero-order valence-electron chi connectivity index (χ0n) is 9.20. The largest absolute Gasteiger partial charge is 0.381 e. The van der Waals surface area contributed by atoms with Gasteiger partial charge in [0.15, 0.2) is 5.82 Å². The summed E-state index contributed by atoms with van der Waals surface area (Å²) in [5.41, 5.74) is 7.02. The van der Waals surface area contributed by atoms with Crippen LogP contribution in [0.3, 0.4) is 0 Å². The lowest BCUT2D eigenvalue weighted by atomic mass is 9.95. The third-order valence-corrected chi connectivity index (χ3v) is 3.96. The molecule has 0 bridgehead atoms. The molecule has 1 heterocycles. The second-order valence-electron chi connectivity index (χ2n) is 5.08. The van der Waals surface area contributed by atoms with Crippen molar-refractivity contribution in [1.82, 2.24) is 5.16 Å². The SMILES string of the molecule is CCCc1c(N)noc1C1CC2CC2C1. The van der Waals surface area contributed by atoms with Crippen LogP contribution in [0.5, 0.6) is 0 Å². The molecule has 0 radical (unpaired) electrons. The Bertz CT molecular complexity index is 362. The fourth-order valence-electron chi connectivity index (χ4n) is 3.09. The number of hydrogen-bond acceptors (Lipinski definition) is 3. The molecule has 0 amide bonds. The minimum atomic E-state index is 0.611. The van der Waals surface area contributed by atoms with Gasteiger partial charge in [0.2, 0.25) is 0 Å². The Morgan fingerprint density at radius 1 is 1.33 bits per heavy atom.